The number of aliphatic hydroxyl groups is 1. The number of hydrogen-bond acceptors (Lipinski definition) is 4. The zero-order valence-corrected chi connectivity index (χ0v) is 12.1. The first-order chi connectivity index (χ1) is 11.2. The van der Waals surface area contributed by atoms with Crippen LogP contribution < -0.4 is 5.32 Å². The van der Waals surface area contributed by atoms with Gasteiger partial charge in [-0.15, -0.1) is 0 Å². The lowest BCUT2D eigenvalue weighted by Gasteiger charge is -2.03. The average Bonchev–Trinajstić information content (AvgIpc) is 2.99. The number of aliphatic hydroxyl groups excluding tert-OH is 1. The van der Waals surface area contributed by atoms with E-state index >= 15 is 0 Å². The smallest absolute Gasteiger partial charge is 0.299 e. The largest absolute Gasteiger partial charge is 0.428 e. The van der Waals surface area contributed by atoms with Crippen molar-refractivity contribution in [3.63, 3.8) is 0 Å². The summed E-state index contributed by atoms with van der Waals surface area (Å²) in [5, 5.41) is 11.9. The van der Waals surface area contributed by atoms with E-state index in [9.17, 15) is 8.78 Å². The van der Waals surface area contributed by atoms with Gasteiger partial charge in [0.05, 0.1) is 12.8 Å². The first kappa shape index (κ1) is 15.2. The van der Waals surface area contributed by atoms with Gasteiger partial charge in [0.1, 0.15) is 17.4 Å². The Bertz CT molecular complexity index is 780. The highest BCUT2D eigenvalue weighted by Crippen LogP contribution is 2.21. The molecule has 23 heavy (non-hydrogen) atoms. The zero-order valence-electron chi connectivity index (χ0n) is 12.1. The summed E-state index contributed by atoms with van der Waals surface area (Å²) < 4.78 is 32.7. The van der Waals surface area contributed by atoms with Crippen LogP contribution in [-0.4, -0.2) is 10.1 Å². The molecule has 3 aromatic rings. The third-order valence-electron chi connectivity index (χ3n) is 3.35. The van der Waals surface area contributed by atoms with Gasteiger partial charge >= 0.3 is 0 Å². The first-order valence-electron chi connectivity index (χ1n) is 7.00. The Morgan fingerprint density at radius 3 is 2.39 bits per heavy atom. The number of nitrogens with one attached hydrogen (secondary N) is 1. The van der Waals surface area contributed by atoms with E-state index in [1.807, 2.05) is 0 Å². The van der Waals surface area contributed by atoms with E-state index in [0.717, 1.165) is 11.3 Å². The van der Waals surface area contributed by atoms with Gasteiger partial charge in [-0.25, -0.2) is 13.8 Å². The Kier molecular flexibility index (Phi) is 4.34. The van der Waals surface area contributed by atoms with Gasteiger partial charge in [-0.05, 0) is 29.8 Å². The molecule has 3 rings (SSSR count). The van der Waals surface area contributed by atoms with E-state index in [1.54, 1.807) is 24.3 Å². The van der Waals surface area contributed by atoms with Gasteiger partial charge < -0.3 is 14.8 Å². The molecule has 0 atom stereocenters. The quantitative estimate of drug-likeness (QED) is 0.752. The lowest BCUT2D eigenvalue weighted by atomic mass is 10.1. The van der Waals surface area contributed by atoms with Crippen LogP contribution in [0.2, 0.25) is 0 Å². The van der Waals surface area contributed by atoms with Crippen molar-refractivity contribution in [2.75, 3.05) is 5.32 Å². The van der Waals surface area contributed by atoms with Gasteiger partial charge in [0.15, 0.2) is 0 Å². The molecule has 2 aromatic carbocycles. The summed E-state index contributed by atoms with van der Waals surface area (Å²) in [6, 6.07) is 11.0. The summed E-state index contributed by atoms with van der Waals surface area (Å²) in [4.78, 5) is 4.04. The zero-order chi connectivity index (χ0) is 16.2. The molecule has 0 amide bonds. The van der Waals surface area contributed by atoms with E-state index in [0.29, 0.717) is 5.76 Å². The number of oxazole rings is 1. The predicted molar refractivity (Wildman–Crippen MR) is 81.3 cm³/mol. The minimum atomic E-state index is -0.615. The van der Waals surface area contributed by atoms with Crippen LogP contribution >= 0.6 is 0 Å². The van der Waals surface area contributed by atoms with Gasteiger partial charge in [-0.1, -0.05) is 18.2 Å². The van der Waals surface area contributed by atoms with Crippen LogP contribution in [0.5, 0.6) is 0 Å². The molecule has 0 spiro atoms. The first-order valence-corrected chi connectivity index (χ1v) is 7.00. The van der Waals surface area contributed by atoms with Crippen LogP contribution in [0.25, 0.3) is 0 Å². The molecule has 1 aromatic heterocycles. The summed E-state index contributed by atoms with van der Waals surface area (Å²) in [5.74, 6) is -0.880. The van der Waals surface area contributed by atoms with Gasteiger partial charge in [0, 0.05) is 17.7 Å². The minimum Gasteiger partial charge on any atom is -0.428 e. The molecule has 6 heteroatoms. The molecule has 0 unspecified atom stereocenters. The second kappa shape index (κ2) is 6.58. The van der Waals surface area contributed by atoms with E-state index in [2.05, 4.69) is 10.3 Å². The molecule has 0 aliphatic rings. The molecule has 0 radical (unpaired) electrons. The summed E-state index contributed by atoms with van der Waals surface area (Å²) in [6.07, 6.45) is 1.41. The summed E-state index contributed by atoms with van der Waals surface area (Å²) >= 11 is 0. The third-order valence-corrected chi connectivity index (χ3v) is 3.35. The van der Waals surface area contributed by atoms with E-state index in [-0.39, 0.29) is 24.6 Å². The van der Waals surface area contributed by atoms with Crippen molar-refractivity contribution in [1.29, 1.82) is 0 Å². The van der Waals surface area contributed by atoms with Crippen molar-refractivity contribution in [2.45, 2.75) is 13.0 Å². The molecular weight excluding hydrogens is 302 g/mol. The molecule has 1 heterocycles. The van der Waals surface area contributed by atoms with Crippen LogP contribution in [0.3, 0.4) is 0 Å². The topological polar surface area (TPSA) is 58.3 Å². The maximum atomic E-state index is 13.6. The van der Waals surface area contributed by atoms with Crippen LogP contribution in [-0.2, 0) is 13.0 Å². The summed E-state index contributed by atoms with van der Waals surface area (Å²) in [5.41, 5.74) is 1.47. The molecule has 0 saturated carbocycles. The maximum absolute atomic E-state index is 13.6. The van der Waals surface area contributed by atoms with Crippen molar-refractivity contribution in [3.8, 4) is 0 Å². The summed E-state index contributed by atoms with van der Waals surface area (Å²) in [7, 11) is 0. The number of rotatable bonds is 5. The van der Waals surface area contributed by atoms with Crippen LogP contribution in [0.1, 0.15) is 16.9 Å². The third kappa shape index (κ3) is 3.54. The molecule has 118 valence electrons. The molecular formula is C17H14F2N2O2. The van der Waals surface area contributed by atoms with Crippen molar-refractivity contribution >= 4 is 11.7 Å². The number of anilines is 2. The Hall–Kier alpha value is -2.73. The van der Waals surface area contributed by atoms with E-state index in [1.165, 1.54) is 24.4 Å². The lowest BCUT2D eigenvalue weighted by Crippen LogP contribution is -1.95. The predicted octanol–water partition coefficient (Wildman–Crippen LogP) is 3.78. The average molecular weight is 316 g/mol. The van der Waals surface area contributed by atoms with Gasteiger partial charge in [-0.2, -0.15) is 0 Å². The van der Waals surface area contributed by atoms with Crippen LogP contribution in [0.15, 0.2) is 53.1 Å². The molecule has 0 bridgehead atoms. The molecule has 0 aliphatic heterocycles. The Labute approximate surface area is 131 Å². The van der Waals surface area contributed by atoms with Gasteiger partial charge in [0.2, 0.25) is 0 Å². The fraction of sp³-hybridized carbons (Fsp3) is 0.118. The van der Waals surface area contributed by atoms with E-state index < -0.39 is 11.6 Å². The van der Waals surface area contributed by atoms with Crippen LogP contribution in [0.4, 0.5) is 20.5 Å². The number of aromatic nitrogens is 1. The van der Waals surface area contributed by atoms with Crippen molar-refractivity contribution in [1.82, 2.24) is 4.98 Å². The van der Waals surface area contributed by atoms with Gasteiger partial charge in [-0.3, -0.25) is 0 Å². The van der Waals surface area contributed by atoms with Crippen molar-refractivity contribution in [2.24, 2.45) is 0 Å². The Balaban J connectivity index is 1.72. The van der Waals surface area contributed by atoms with Crippen molar-refractivity contribution < 1.29 is 18.3 Å². The highest BCUT2D eigenvalue weighted by molar-refractivity contribution is 5.52. The molecule has 2 N–H and O–H groups in total. The van der Waals surface area contributed by atoms with Crippen molar-refractivity contribution in [3.05, 3.63) is 77.2 Å². The molecule has 4 nitrogen and oxygen atoms in total. The molecule has 0 fully saturated rings. The number of benzene rings is 2. The normalized spacial score (nSPS) is 10.7. The fourth-order valence-corrected chi connectivity index (χ4v) is 2.14. The molecule has 0 aliphatic carbocycles. The minimum absolute atomic E-state index is 0.0172. The number of halogens is 2. The Morgan fingerprint density at radius 1 is 1.04 bits per heavy atom. The number of nitrogens with zero attached hydrogens (tertiary/aromatic N) is 1. The van der Waals surface area contributed by atoms with Gasteiger partial charge in [0.25, 0.3) is 6.01 Å². The SMILES string of the molecule is OCc1ccc(Nc2ncc(Cc3c(F)cccc3F)o2)cc1. The monoisotopic (exact) mass is 316 g/mol. The maximum Gasteiger partial charge on any atom is 0.299 e. The standard InChI is InChI=1S/C17H14F2N2O2/c18-15-2-1-3-16(19)14(15)8-13-9-20-17(23-13)21-12-6-4-11(10-22)5-7-12/h1-7,9,22H,8,10H2,(H,20,21). The second-order valence-corrected chi connectivity index (χ2v) is 4.99. The fourth-order valence-electron chi connectivity index (χ4n) is 2.14. The second-order valence-electron chi connectivity index (χ2n) is 4.99. The lowest BCUT2D eigenvalue weighted by molar-refractivity contribution is 0.282. The number of hydrogen-bond donors (Lipinski definition) is 2. The van der Waals surface area contributed by atoms with Crippen LogP contribution in [0, 0.1) is 11.6 Å². The Morgan fingerprint density at radius 2 is 1.74 bits per heavy atom. The van der Waals surface area contributed by atoms with E-state index in [4.69, 9.17) is 9.52 Å². The highest BCUT2D eigenvalue weighted by atomic mass is 19.1. The molecule has 0 saturated heterocycles. The summed E-state index contributed by atoms with van der Waals surface area (Å²) in [6.45, 7) is -0.0301. The highest BCUT2D eigenvalue weighted by Gasteiger charge is 2.12.